The lowest BCUT2D eigenvalue weighted by atomic mass is 9.95. The van der Waals surface area contributed by atoms with Crippen LogP contribution in [-0.4, -0.2) is 14.3 Å². The number of aromatic nitrogens is 3. The Labute approximate surface area is 202 Å². The first-order valence-electron chi connectivity index (χ1n) is 11.1. The number of rotatable bonds is 5. The van der Waals surface area contributed by atoms with Crippen LogP contribution in [0.15, 0.2) is 109 Å². The Hall–Kier alpha value is -4.16. The van der Waals surface area contributed by atoms with E-state index in [-0.39, 0.29) is 12.6 Å². The highest BCUT2D eigenvalue weighted by atomic mass is 32.1. The van der Waals surface area contributed by atoms with E-state index in [9.17, 15) is 0 Å². The van der Waals surface area contributed by atoms with Gasteiger partial charge in [-0.05, 0) is 48.6 Å². The molecule has 0 fully saturated rings. The molecular weight excluding hydrogens is 442 g/mol. The first kappa shape index (κ1) is 20.4. The Morgan fingerprint density at radius 1 is 0.735 bits per heavy atom. The van der Waals surface area contributed by atoms with E-state index in [2.05, 4.69) is 12.1 Å². The quantitative estimate of drug-likeness (QED) is 0.266. The molecular formula is C28H21N3O2S. The molecule has 2 heterocycles. The van der Waals surface area contributed by atoms with Gasteiger partial charge in [0.2, 0.25) is 4.77 Å². The van der Waals surface area contributed by atoms with Crippen LogP contribution in [0.3, 0.4) is 0 Å². The molecule has 0 unspecified atom stereocenters. The molecule has 0 N–H and O–H groups in total. The Morgan fingerprint density at radius 3 is 1.94 bits per heavy atom. The summed E-state index contributed by atoms with van der Waals surface area (Å²) < 4.78 is 16.8. The second-order valence-electron chi connectivity index (χ2n) is 8.00. The van der Waals surface area contributed by atoms with Gasteiger partial charge >= 0.3 is 0 Å². The predicted molar refractivity (Wildman–Crippen MR) is 133 cm³/mol. The zero-order chi connectivity index (χ0) is 22.9. The summed E-state index contributed by atoms with van der Waals surface area (Å²) in [5.74, 6) is 3.12. The van der Waals surface area contributed by atoms with Gasteiger partial charge in [-0.1, -0.05) is 72.8 Å². The fourth-order valence-corrected chi connectivity index (χ4v) is 4.69. The van der Waals surface area contributed by atoms with E-state index >= 15 is 0 Å². The van der Waals surface area contributed by atoms with Gasteiger partial charge in [-0.3, -0.25) is 4.57 Å². The molecule has 0 radical (unpaired) electrons. The monoisotopic (exact) mass is 463 g/mol. The number of fused-ring (bicyclic) bond motifs is 2. The van der Waals surface area contributed by atoms with E-state index < -0.39 is 0 Å². The van der Waals surface area contributed by atoms with E-state index in [0.29, 0.717) is 4.77 Å². The fourth-order valence-electron chi connectivity index (χ4n) is 4.34. The molecule has 1 aliphatic rings. The third kappa shape index (κ3) is 3.58. The summed E-state index contributed by atoms with van der Waals surface area (Å²) >= 11 is 6.03. The number of nitrogens with zero attached hydrogens (tertiary/aromatic N) is 3. The smallest absolute Gasteiger partial charge is 0.203 e. The van der Waals surface area contributed by atoms with E-state index in [4.69, 9.17) is 26.8 Å². The maximum Gasteiger partial charge on any atom is 0.203 e. The van der Waals surface area contributed by atoms with Crippen molar-refractivity contribution in [2.45, 2.75) is 12.6 Å². The highest BCUT2D eigenvalue weighted by Gasteiger charge is 2.31. The van der Waals surface area contributed by atoms with Crippen LogP contribution in [-0.2, 0) is 6.61 Å². The molecule has 166 valence electrons. The normalized spacial score (nSPS) is 12.5. The molecule has 6 heteroatoms. The van der Waals surface area contributed by atoms with Crippen LogP contribution in [0.2, 0.25) is 0 Å². The molecule has 5 aromatic rings. The van der Waals surface area contributed by atoms with Crippen molar-refractivity contribution in [1.82, 2.24) is 14.3 Å². The van der Waals surface area contributed by atoms with Crippen molar-refractivity contribution in [2.75, 3.05) is 0 Å². The first-order valence-corrected chi connectivity index (χ1v) is 11.5. The number of para-hydroxylation sites is 4. The number of ether oxygens (including phenoxy) is 2. The van der Waals surface area contributed by atoms with Crippen molar-refractivity contribution < 1.29 is 9.47 Å². The van der Waals surface area contributed by atoms with E-state index in [1.807, 2.05) is 106 Å². The van der Waals surface area contributed by atoms with E-state index in [1.165, 1.54) is 0 Å². The maximum absolute atomic E-state index is 6.19. The van der Waals surface area contributed by atoms with Crippen molar-refractivity contribution >= 4 is 12.2 Å². The van der Waals surface area contributed by atoms with Gasteiger partial charge in [-0.2, -0.15) is 5.10 Å². The van der Waals surface area contributed by atoms with Crippen molar-refractivity contribution in [3.05, 3.63) is 131 Å². The summed E-state index contributed by atoms with van der Waals surface area (Å²) in [6, 6.07) is 35.6. The summed E-state index contributed by atoms with van der Waals surface area (Å²) in [5.41, 5.74) is 2.98. The third-order valence-electron chi connectivity index (χ3n) is 5.89. The number of hydrogen-bond acceptors (Lipinski definition) is 4. The molecule has 0 amide bonds. The third-order valence-corrected chi connectivity index (χ3v) is 6.26. The van der Waals surface area contributed by atoms with Crippen LogP contribution in [0.1, 0.15) is 23.0 Å². The minimum atomic E-state index is -0.214. The number of benzene rings is 4. The van der Waals surface area contributed by atoms with Crippen LogP contribution < -0.4 is 9.47 Å². The maximum atomic E-state index is 6.19. The van der Waals surface area contributed by atoms with Gasteiger partial charge in [0, 0.05) is 16.8 Å². The standard InChI is InChI=1S/C28H21N3O2S/c34-28-30(20-11-3-1-4-12-20)26(19-32-21-13-5-2-6-14-21)29-31(28)27-22-15-7-9-17-24(22)33-25-18-10-8-16-23(25)27/h1-18,27H,19H2. The lowest BCUT2D eigenvalue weighted by molar-refractivity contribution is 0.292. The first-order chi connectivity index (χ1) is 16.8. The lowest BCUT2D eigenvalue weighted by Crippen LogP contribution is -2.19. The van der Waals surface area contributed by atoms with Gasteiger partial charge in [0.05, 0.1) is 0 Å². The van der Waals surface area contributed by atoms with Crippen LogP contribution in [0.4, 0.5) is 0 Å². The van der Waals surface area contributed by atoms with Gasteiger partial charge in [0.15, 0.2) is 5.82 Å². The molecule has 34 heavy (non-hydrogen) atoms. The van der Waals surface area contributed by atoms with Gasteiger partial charge in [-0.25, -0.2) is 4.68 Å². The second kappa shape index (κ2) is 8.65. The van der Waals surface area contributed by atoms with Crippen LogP contribution in [0.5, 0.6) is 17.2 Å². The Bertz CT molecular complexity index is 1460. The van der Waals surface area contributed by atoms with Crippen LogP contribution in [0.25, 0.3) is 5.69 Å². The SMILES string of the molecule is S=c1n(C2c3ccccc3Oc3ccccc32)nc(COc2ccccc2)n1-c1ccccc1. The van der Waals surface area contributed by atoms with Crippen molar-refractivity contribution in [2.24, 2.45) is 0 Å². The van der Waals surface area contributed by atoms with E-state index in [0.717, 1.165) is 39.9 Å². The summed E-state index contributed by atoms with van der Waals surface area (Å²) in [5, 5.41) is 5.02. The average molecular weight is 464 g/mol. The van der Waals surface area contributed by atoms with Crippen molar-refractivity contribution in [3.63, 3.8) is 0 Å². The van der Waals surface area contributed by atoms with Crippen molar-refractivity contribution in [1.29, 1.82) is 0 Å². The van der Waals surface area contributed by atoms with E-state index in [1.54, 1.807) is 0 Å². The summed E-state index contributed by atoms with van der Waals surface area (Å²) in [4.78, 5) is 0. The molecule has 0 saturated heterocycles. The average Bonchev–Trinajstić information content (AvgIpc) is 3.22. The largest absolute Gasteiger partial charge is 0.486 e. The predicted octanol–water partition coefficient (Wildman–Crippen LogP) is 6.73. The van der Waals surface area contributed by atoms with Crippen LogP contribution >= 0.6 is 12.2 Å². The Kier molecular flexibility index (Phi) is 5.20. The molecule has 0 bridgehead atoms. The van der Waals surface area contributed by atoms with Gasteiger partial charge in [-0.15, -0.1) is 0 Å². The minimum absolute atomic E-state index is 0.214. The summed E-state index contributed by atoms with van der Waals surface area (Å²) in [6.45, 7) is 0.280. The summed E-state index contributed by atoms with van der Waals surface area (Å²) in [6.07, 6.45) is 0. The van der Waals surface area contributed by atoms with Crippen LogP contribution in [0, 0.1) is 4.77 Å². The molecule has 4 aromatic carbocycles. The highest BCUT2D eigenvalue weighted by Crippen LogP contribution is 2.44. The molecule has 0 aliphatic carbocycles. The van der Waals surface area contributed by atoms with Crippen molar-refractivity contribution in [3.8, 4) is 22.9 Å². The fraction of sp³-hybridized carbons (Fsp3) is 0.0714. The zero-order valence-electron chi connectivity index (χ0n) is 18.2. The second-order valence-corrected chi connectivity index (χ2v) is 8.36. The Balaban J connectivity index is 1.52. The zero-order valence-corrected chi connectivity index (χ0v) is 19.1. The molecule has 5 nitrogen and oxygen atoms in total. The highest BCUT2D eigenvalue weighted by molar-refractivity contribution is 7.71. The Morgan fingerprint density at radius 2 is 1.29 bits per heavy atom. The topological polar surface area (TPSA) is 41.2 Å². The molecule has 0 atom stereocenters. The molecule has 0 saturated carbocycles. The van der Waals surface area contributed by atoms with Gasteiger partial charge < -0.3 is 9.47 Å². The number of hydrogen-bond donors (Lipinski definition) is 0. The molecule has 6 rings (SSSR count). The molecule has 1 aromatic heterocycles. The summed E-state index contributed by atoms with van der Waals surface area (Å²) in [7, 11) is 0. The van der Waals surface area contributed by atoms with Gasteiger partial charge in [0.25, 0.3) is 0 Å². The minimum Gasteiger partial charge on any atom is -0.486 e. The van der Waals surface area contributed by atoms with Gasteiger partial charge in [0.1, 0.15) is 29.9 Å². The molecule has 1 aliphatic heterocycles. The lowest BCUT2D eigenvalue weighted by Gasteiger charge is -2.28. The molecule has 0 spiro atoms.